The molecule has 1 aromatic heterocycles. The number of aromatic nitrogens is 2. The number of nitrogens with zero attached hydrogens (tertiary/aromatic N) is 2. The lowest BCUT2D eigenvalue weighted by molar-refractivity contribution is 0.786. The highest BCUT2D eigenvalue weighted by Gasteiger charge is 2.06. The zero-order valence-electron chi connectivity index (χ0n) is 12.0. The van der Waals surface area contributed by atoms with Crippen molar-refractivity contribution in [3.8, 4) is 11.8 Å². The first-order valence-corrected chi connectivity index (χ1v) is 6.97. The number of para-hydroxylation sites is 2. The van der Waals surface area contributed by atoms with E-state index in [9.17, 15) is 0 Å². The smallest absolute Gasteiger partial charge is 0.107 e. The second-order valence-corrected chi connectivity index (χ2v) is 4.94. The number of nitrogens with two attached hydrogens (primary N) is 1. The van der Waals surface area contributed by atoms with Crippen molar-refractivity contribution in [1.82, 2.24) is 9.55 Å². The molecule has 3 aromatic rings. The fraction of sp³-hybridized carbons (Fsp3) is 0.167. The Hall–Kier alpha value is -2.57. The number of imidazole rings is 1. The maximum absolute atomic E-state index is 5.38. The first-order chi connectivity index (χ1) is 10.3. The van der Waals surface area contributed by atoms with E-state index in [2.05, 4.69) is 39.6 Å². The lowest BCUT2D eigenvalue weighted by Gasteiger charge is -2.07. The largest absolute Gasteiger partial charge is 0.324 e. The number of hydrogen-bond donors (Lipinski definition) is 1. The number of aryl methyl sites for hydroxylation is 1. The Labute approximate surface area is 124 Å². The van der Waals surface area contributed by atoms with Crippen LogP contribution < -0.4 is 5.73 Å². The van der Waals surface area contributed by atoms with E-state index in [-0.39, 0.29) is 0 Å². The fourth-order valence-electron chi connectivity index (χ4n) is 2.42. The average molecular weight is 275 g/mol. The lowest BCUT2D eigenvalue weighted by atomic mass is 10.1. The Morgan fingerprint density at radius 3 is 2.62 bits per heavy atom. The highest BCUT2D eigenvalue weighted by atomic mass is 15.1. The van der Waals surface area contributed by atoms with E-state index in [0.717, 1.165) is 23.4 Å². The van der Waals surface area contributed by atoms with Crippen molar-refractivity contribution in [2.24, 2.45) is 5.73 Å². The molecule has 3 rings (SSSR count). The van der Waals surface area contributed by atoms with Gasteiger partial charge in [-0.3, -0.25) is 0 Å². The third-order valence-electron chi connectivity index (χ3n) is 3.47. The van der Waals surface area contributed by atoms with E-state index in [0.29, 0.717) is 6.54 Å². The summed E-state index contributed by atoms with van der Waals surface area (Å²) in [5.74, 6) is 6.93. The van der Waals surface area contributed by atoms with Gasteiger partial charge in [-0.15, -0.1) is 0 Å². The van der Waals surface area contributed by atoms with Gasteiger partial charge < -0.3 is 10.3 Å². The first kappa shape index (κ1) is 13.4. The third kappa shape index (κ3) is 2.81. The van der Waals surface area contributed by atoms with Crippen LogP contribution in [0.4, 0.5) is 0 Å². The normalized spacial score (nSPS) is 10.4. The maximum atomic E-state index is 5.38. The second-order valence-electron chi connectivity index (χ2n) is 4.94. The molecule has 1 heterocycles. The summed E-state index contributed by atoms with van der Waals surface area (Å²) in [7, 11) is 0. The molecule has 0 saturated carbocycles. The standard InChI is InChI=1S/C18H17N3/c1-14-20-17-6-2-3-7-18(17)21(14)13-16-10-8-15(9-11-16)5-4-12-19/h2-3,6-11H,12-13,19H2,1H3. The molecule has 3 nitrogen and oxygen atoms in total. The predicted molar refractivity (Wildman–Crippen MR) is 85.9 cm³/mol. The molecule has 0 saturated heterocycles. The molecule has 0 radical (unpaired) electrons. The molecular weight excluding hydrogens is 258 g/mol. The summed E-state index contributed by atoms with van der Waals surface area (Å²) in [6.07, 6.45) is 0. The van der Waals surface area contributed by atoms with Crippen molar-refractivity contribution < 1.29 is 0 Å². The minimum absolute atomic E-state index is 0.391. The molecule has 2 aromatic carbocycles. The molecule has 0 bridgehead atoms. The summed E-state index contributed by atoms with van der Waals surface area (Å²) >= 11 is 0. The molecular formula is C18H17N3. The molecule has 0 aliphatic carbocycles. The van der Waals surface area contributed by atoms with Gasteiger partial charge in [0.05, 0.1) is 17.6 Å². The molecule has 0 atom stereocenters. The van der Waals surface area contributed by atoms with Gasteiger partial charge in [0, 0.05) is 12.1 Å². The molecule has 0 aliphatic rings. The number of hydrogen-bond acceptors (Lipinski definition) is 2. The van der Waals surface area contributed by atoms with E-state index >= 15 is 0 Å². The summed E-state index contributed by atoms with van der Waals surface area (Å²) in [4.78, 5) is 4.59. The molecule has 0 amide bonds. The summed E-state index contributed by atoms with van der Waals surface area (Å²) in [6, 6.07) is 16.5. The minimum Gasteiger partial charge on any atom is -0.324 e. The first-order valence-electron chi connectivity index (χ1n) is 6.97. The molecule has 21 heavy (non-hydrogen) atoms. The minimum atomic E-state index is 0.391. The van der Waals surface area contributed by atoms with Gasteiger partial charge in [0.15, 0.2) is 0 Å². The van der Waals surface area contributed by atoms with Crippen LogP contribution in [-0.2, 0) is 6.54 Å². The summed E-state index contributed by atoms with van der Waals surface area (Å²) in [5.41, 5.74) is 9.83. The van der Waals surface area contributed by atoms with Gasteiger partial charge in [-0.1, -0.05) is 36.1 Å². The van der Waals surface area contributed by atoms with E-state index in [4.69, 9.17) is 5.73 Å². The summed E-state index contributed by atoms with van der Waals surface area (Å²) in [6.45, 7) is 3.25. The van der Waals surface area contributed by atoms with E-state index in [1.165, 1.54) is 11.1 Å². The van der Waals surface area contributed by atoms with Crippen molar-refractivity contribution >= 4 is 11.0 Å². The molecule has 0 aliphatic heterocycles. The van der Waals surface area contributed by atoms with Crippen molar-refractivity contribution in [3.63, 3.8) is 0 Å². The Morgan fingerprint density at radius 1 is 1.10 bits per heavy atom. The second kappa shape index (κ2) is 5.82. The van der Waals surface area contributed by atoms with E-state index in [1.807, 2.05) is 37.3 Å². The highest BCUT2D eigenvalue weighted by Crippen LogP contribution is 2.17. The number of fused-ring (bicyclic) bond motifs is 1. The van der Waals surface area contributed by atoms with E-state index in [1.54, 1.807) is 0 Å². The van der Waals surface area contributed by atoms with Gasteiger partial charge in [-0.2, -0.15) is 0 Å². The molecule has 104 valence electrons. The SMILES string of the molecule is Cc1nc2ccccc2n1Cc1ccc(C#CCN)cc1. The van der Waals surface area contributed by atoms with Gasteiger partial charge in [0.2, 0.25) is 0 Å². The zero-order valence-corrected chi connectivity index (χ0v) is 12.0. The van der Waals surface area contributed by atoms with Gasteiger partial charge in [-0.25, -0.2) is 4.98 Å². The Morgan fingerprint density at radius 2 is 1.86 bits per heavy atom. The van der Waals surface area contributed by atoms with Crippen molar-refractivity contribution in [2.75, 3.05) is 6.54 Å². The van der Waals surface area contributed by atoms with Crippen LogP contribution >= 0.6 is 0 Å². The van der Waals surface area contributed by atoms with Gasteiger partial charge in [-0.05, 0) is 36.8 Å². The molecule has 3 heteroatoms. The van der Waals surface area contributed by atoms with Crippen LogP contribution in [0, 0.1) is 18.8 Å². The summed E-state index contributed by atoms with van der Waals surface area (Å²) in [5, 5.41) is 0. The van der Waals surface area contributed by atoms with Crippen LogP contribution in [0.3, 0.4) is 0 Å². The lowest BCUT2D eigenvalue weighted by Crippen LogP contribution is -2.01. The fourth-order valence-corrected chi connectivity index (χ4v) is 2.42. The van der Waals surface area contributed by atoms with Crippen molar-refractivity contribution in [2.45, 2.75) is 13.5 Å². The molecule has 0 spiro atoms. The summed E-state index contributed by atoms with van der Waals surface area (Å²) < 4.78 is 2.23. The number of benzene rings is 2. The Balaban J connectivity index is 1.90. The molecule has 0 fully saturated rings. The zero-order chi connectivity index (χ0) is 14.7. The number of rotatable bonds is 2. The van der Waals surface area contributed by atoms with Crippen LogP contribution in [0.25, 0.3) is 11.0 Å². The quantitative estimate of drug-likeness (QED) is 0.731. The topological polar surface area (TPSA) is 43.8 Å². The van der Waals surface area contributed by atoms with Gasteiger partial charge in [0.1, 0.15) is 5.82 Å². The van der Waals surface area contributed by atoms with Crippen LogP contribution in [0.15, 0.2) is 48.5 Å². The van der Waals surface area contributed by atoms with Crippen LogP contribution in [0.5, 0.6) is 0 Å². The van der Waals surface area contributed by atoms with Crippen molar-refractivity contribution in [3.05, 3.63) is 65.5 Å². The molecule has 0 unspecified atom stereocenters. The molecule has 2 N–H and O–H groups in total. The van der Waals surface area contributed by atoms with Gasteiger partial charge >= 0.3 is 0 Å². The van der Waals surface area contributed by atoms with Crippen molar-refractivity contribution in [1.29, 1.82) is 0 Å². The van der Waals surface area contributed by atoms with Crippen LogP contribution in [0.1, 0.15) is 17.0 Å². The highest BCUT2D eigenvalue weighted by molar-refractivity contribution is 5.75. The average Bonchev–Trinajstić information content (AvgIpc) is 2.83. The maximum Gasteiger partial charge on any atom is 0.107 e. The van der Waals surface area contributed by atoms with Gasteiger partial charge in [0.25, 0.3) is 0 Å². The monoisotopic (exact) mass is 275 g/mol. The van der Waals surface area contributed by atoms with Crippen LogP contribution in [0.2, 0.25) is 0 Å². The van der Waals surface area contributed by atoms with Crippen LogP contribution in [-0.4, -0.2) is 16.1 Å². The van der Waals surface area contributed by atoms with E-state index < -0.39 is 0 Å². The third-order valence-corrected chi connectivity index (χ3v) is 3.47. The Kier molecular flexibility index (Phi) is 3.72. The predicted octanol–water partition coefficient (Wildman–Crippen LogP) is 2.70. The Bertz CT molecular complexity index is 817.